The first-order chi connectivity index (χ1) is 9.13. The van der Waals surface area contributed by atoms with Crippen LogP contribution in [0.3, 0.4) is 0 Å². The van der Waals surface area contributed by atoms with Crippen molar-refractivity contribution in [3.8, 4) is 0 Å². The van der Waals surface area contributed by atoms with E-state index in [1.807, 2.05) is 24.3 Å². The molecule has 1 aromatic carbocycles. The molecule has 0 saturated carbocycles. The number of hydrogen-bond acceptors (Lipinski definition) is 3. The lowest BCUT2D eigenvalue weighted by atomic mass is 9.94. The number of para-hydroxylation sites is 2. The van der Waals surface area contributed by atoms with E-state index in [4.69, 9.17) is 0 Å². The second kappa shape index (κ2) is 4.28. The van der Waals surface area contributed by atoms with E-state index >= 15 is 0 Å². The Balaban J connectivity index is 2.21. The zero-order valence-electron chi connectivity index (χ0n) is 9.97. The first kappa shape index (κ1) is 12.0. The maximum Gasteiger partial charge on any atom is 0.314 e. The van der Waals surface area contributed by atoms with Crippen LogP contribution < -0.4 is 0 Å². The van der Waals surface area contributed by atoms with Gasteiger partial charge in [-0.2, -0.15) is 0 Å². The summed E-state index contributed by atoms with van der Waals surface area (Å²) in [6.45, 7) is 0. The Kier molecular flexibility index (Phi) is 2.71. The molecule has 0 bridgehead atoms. The second-order valence-electron chi connectivity index (χ2n) is 4.45. The Morgan fingerprint density at radius 1 is 1.37 bits per heavy atom. The summed E-state index contributed by atoms with van der Waals surface area (Å²) in [7, 11) is 0. The number of carbonyl (C=O) groups is 1. The molecule has 19 heavy (non-hydrogen) atoms. The van der Waals surface area contributed by atoms with Crippen molar-refractivity contribution in [1.82, 2.24) is 9.55 Å². The van der Waals surface area contributed by atoms with E-state index in [1.54, 1.807) is 35.2 Å². The molecule has 0 amide bonds. The number of nitrogens with zero attached hydrogens (tertiary/aromatic N) is 2. The standard InChI is InChI=1S/C14H12N2O2S/c17-13(18)10-5-3-4-8-14(10,19)16-9-15-11-6-1-2-7-12(11)16/h1-10,19H,(H,17,18). The third-order valence-electron chi connectivity index (χ3n) is 3.32. The quantitative estimate of drug-likeness (QED) is 0.826. The Morgan fingerprint density at radius 3 is 2.95 bits per heavy atom. The lowest BCUT2D eigenvalue weighted by molar-refractivity contribution is -0.141. The van der Waals surface area contributed by atoms with Gasteiger partial charge in [0.05, 0.1) is 17.4 Å². The Morgan fingerprint density at radius 2 is 2.16 bits per heavy atom. The van der Waals surface area contributed by atoms with E-state index in [0.717, 1.165) is 11.0 Å². The summed E-state index contributed by atoms with van der Waals surface area (Å²) in [5, 5.41) is 9.38. The molecule has 1 aliphatic rings. The number of fused-ring (bicyclic) bond motifs is 1. The van der Waals surface area contributed by atoms with Crippen molar-refractivity contribution in [1.29, 1.82) is 0 Å². The van der Waals surface area contributed by atoms with Crippen molar-refractivity contribution in [2.45, 2.75) is 4.87 Å². The van der Waals surface area contributed by atoms with Crippen LogP contribution in [0.4, 0.5) is 0 Å². The van der Waals surface area contributed by atoms with Crippen LogP contribution in [0.15, 0.2) is 54.9 Å². The maximum absolute atomic E-state index is 11.4. The molecule has 96 valence electrons. The number of carboxylic acids is 1. The molecule has 2 aromatic rings. The summed E-state index contributed by atoms with van der Waals surface area (Å²) in [6.07, 6.45) is 8.60. The molecular formula is C14H12N2O2S. The summed E-state index contributed by atoms with van der Waals surface area (Å²) in [5.74, 6) is -1.65. The van der Waals surface area contributed by atoms with E-state index in [1.165, 1.54) is 0 Å². The molecule has 2 atom stereocenters. The molecule has 3 rings (SSSR count). The minimum atomic E-state index is -0.948. The zero-order chi connectivity index (χ0) is 13.5. The molecule has 1 aromatic heterocycles. The SMILES string of the molecule is O=C(O)C1C=CC=CC1(S)n1cnc2ccccc21. The van der Waals surface area contributed by atoms with Crippen molar-refractivity contribution < 1.29 is 9.90 Å². The molecule has 2 unspecified atom stereocenters. The highest BCUT2D eigenvalue weighted by Gasteiger charge is 2.40. The molecule has 1 aliphatic carbocycles. The molecule has 4 nitrogen and oxygen atoms in total. The van der Waals surface area contributed by atoms with E-state index < -0.39 is 16.8 Å². The summed E-state index contributed by atoms with van der Waals surface area (Å²) in [5.41, 5.74) is 1.69. The van der Waals surface area contributed by atoms with Gasteiger partial charge in [-0.1, -0.05) is 30.4 Å². The summed E-state index contributed by atoms with van der Waals surface area (Å²) in [6, 6.07) is 7.60. The molecule has 0 saturated heterocycles. The van der Waals surface area contributed by atoms with Crippen LogP contribution in [0.2, 0.25) is 0 Å². The van der Waals surface area contributed by atoms with Gasteiger partial charge in [0.15, 0.2) is 0 Å². The van der Waals surface area contributed by atoms with E-state index in [2.05, 4.69) is 17.6 Å². The van der Waals surface area contributed by atoms with Crippen LogP contribution in [0.25, 0.3) is 11.0 Å². The fourth-order valence-electron chi connectivity index (χ4n) is 2.36. The largest absolute Gasteiger partial charge is 0.481 e. The topological polar surface area (TPSA) is 55.1 Å². The van der Waals surface area contributed by atoms with Gasteiger partial charge in [-0.25, -0.2) is 4.98 Å². The Labute approximate surface area is 115 Å². The monoisotopic (exact) mass is 272 g/mol. The maximum atomic E-state index is 11.4. The minimum Gasteiger partial charge on any atom is -0.481 e. The summed E-state index contributed by atoms with van der Waals surface area (Å²) in [4.78, 5) is 14.8. The number of aromatic nitrogens is 2. The van der Waals surface area contributed by atoms with Crippen LogP contribution in [0.1, 0.15) is 0 Å². The minimum absolute atomic E-state index is 0.738. The molecule has 1 heterocycles. The first-order valence-corrected chi connectivity index (χ1v) is 6.31. The van der Waals surface area contributed by atoms with Crippen molar-refractivity contribution >= 4 is 29.6 Å². The number of thiol groups is 1. The lowest BCUT2D eigenvalue weighted by Crippen LogP contribution is -2.38. The van der Waals surface area contributed by atoms with Crippen molar-refractivity contribution in [3.63, 3.8) is 0 Å². The van der Waals surface area contributed by atoms with Crippen molar-refractivity contribution in [3.05, 3.63) is 54.9 Å². The highest BCUT2D eigenvalue weighted by molar-refractivity contribution is 7.81. The molecule has 5 heteroatoms. The number of benzene rings is 1. The average Bonchev–Trinajstić information content (AvgIpc) is 2.83. The third-order valence-corrected chi connectivity index (χ3v) is 3.96. The molecule has 0 aliphatic heterocycles. The molecule has 0 spiro atoms. The van der Waals surface area contributed by atoms with Crippen LogP contribution in [0, 0.1) is 5.92 Å². The predicted molar refractivity (Wildman–Crippen MR) is 76.1 cm³/mol. The highest BCUT2D eigenvalue weighted by atomic mass is 32.1. The fraction of sp³-hybridized carbons (Fsp3) is 0.143. The van der Waals surface area contributed by atoms with E-state index in [0.29, 0.717) is 0 Å². The van der Waals surface area contributed by atoms with E-state index in [-0.39, 0.29) is 0 Å². The summed E-state index contributed by atoms with van der Waals surface area (Å²) < 4.78 is 1.80. The number of allylic oxidation sites excluding steroid dienone is 2. The van der Waals surface area contributed by atoms with Crippen LogP contribution in [-0.4, -0.2) is 20.6 Å². The Hall–Kier alpha value is -2.01. The normalized spacial score (nSPS) is 25.8. The van der Waals surface area contributed by atoms with Gasteiger partial charge in [-0.15, -0.1) is 12.6 Å². The number of carboxylic acid groups (broad SMARTS) is 1. The highest BCUT2D eigenvalue weighted by Crippen LogP contribution is 2.38. The fourth-order valence-corrected chi connectivity index (χ4v) is 2.80. The smallest absolute Gasteiger partial charge is 0.314 e. The molecular weight excluding hydrogens is 260 g/mol. The molecule has 0 radical (unpaired) electrons. The average molecular weight is 272 g/mol. The second-order valence-corrected chi connectivity index (χ2v) is 5.16. The predicted octanol–water partition coefficient (Wildman–Crippen LogP) is 2.45. The van der Waals surface area contributed by atoms with Gasteiger partial charge < -0.3 is 9.67 Å². The zero-order valence-corrected chi connectivity index (χ0v) is 10.9. The van der Waals surface area contributed by atoms with E-state index in [9.17, 15) is 9.90 Å². The van der Waals surface area contributed by atoms with Crippen molar-refractivity contribution in [2.75, 3.05) is 0 Å². The number of hydrogen-bond donors (Lipinski definition) is 2. The van der Waals surface area contributed by atoms with Crippen LogP contribution >= 0.6 is 12.6 Å². The van der Waals surface area contributed by atoms with Gasteiger partial charge in [0.25, 0.3) is 0 Å². The number of rotatable bonds is 2. The van der Waals surface area contributed by atoms with Crippen LogP contribution in [-0.2, 0) is 9.67 Å². The molecule has 1 N–H and O–H groups in total. The van der Waals surface area contributed by atoms with Crippen molar-refractivity contribution in [2.24, 2.45) is 5.92 Å². The third kappa shape index (κ3) is 1.77. The molecule has 0 fully saturated rings. The van der Waals surface area contributed by atoms with Gasteiger partial charge in [-0.05, 0) is 18.2 Å². The lowest BCUT2D eigenvalue weighted by Gasteiger charge is -2.33. The van der Waals surface area contributed by atoms with Gasteiger partial charge in [0, 0.05) is 0 Å². The first-order valence-electron chi connectivity index (χ1n) is 5.87. The van der Waals surface area contributed by atoms with Gasteiger partial charge >= 0.3 is 5.97 Å². The van der Waals surface area contributed by atoms with Gasteiger partial charge in [0.2, 0.25) is 0 Å². The van der Waals surface area contributed by atoms with Gasteiger partial charge in [-0.3, -0.25) is 4.79 Å². The summed E-state index contributed by atoms with van der Waals surface area (Å²) >= 11 is 4.62. The Bertz CT molecular complexity index is 704. The van der Waals surface area contributed by atoms with Crippen LogP contribution in [0.5, 0.6) is 0 Å². The number of aliphatic carboxylic acids is 1. The van der Waals surface area contributed by atoms with Gasteiger partial charge in [0.1, 0.15) is 10.8 Å². The number of imidazole rings is 1.